The molecule has 0 amide bonds. The van der Waals surface area contributed by atoms with Gasteiger partial charge in [0.15, 0.2) is 0 Å². The number of nitrogens with zero attached hydrogens (tertiary/aromatic N) is 3. The quantitative estimate of drug-likeness (QED) is 0.744. The van der Waals surface area contributed by atoms with E-state index in [1.807, 2.05) is 18.2 Å². The molecule has 0 radical (unpaired) electrons. The Morgan fingerprint density at radius 2 is 1.66 bits per heavy atom. The summed E-state index contributed by atoms with van der Waals surface area (Å²) < 4.78 is 42.7. The van der Waals surface area contributed by atoms with Gasteiger partial charge in [-0.25, -0.2) is 12.8 Å². The maximum Gasteiger partial charge on any atom is 0.221 e. The first kappa shape index (κ1) is 20.4. The molecule has 0 unspecified atom stereocenters. The Kier molecular flexibility index (Phi) is 5.98. The SMILES string of the molecule is CN1OC[C@H](S(=O)(=O)N2CCN(Cc3ccccc3)CC2)[C@@H]1c1ccccc1F. The zero-order valence-electron chi connectivity index (χ0n) is 16.4. The predicted octanol–water partition coefficient (Wildman–Crippen LogP) is 2.26. The first-order valence-electron chi connectivity index (χ1n) is 9.82. The molecule has 2 aromatic rings. The largest absolute Gasteiger partial charge is 0.297 e. The Morgan fingerprint density at radius 3 is 2.34 bits per heavy atom. The van der Waals surface area contributed by atoms with Gasteiger partial charge in [0.2, 0.25) is 10.0 Å². The summed E-state index contributed by atoms with van der Waals surface area (Å²) in [6, 6.07) is 15.8. The lowest BCUT2D eigenvalue weighted by molar-refractivity contribution is -0.111. The third-order valence-corrected chi connectivity index (χ3v) is 7.98. The van der Waals surface area contributed by atoms with Crippen molar-refractivity contribution < 1.29 is 17.6 Å². The van der Waals surface area contributed by atoms with E-state index in [1.54, 1.807) is 25.2 Å². The lowest BCUT2D eigenvalue weighted by atomic mass is 10.0. The molecule has 4 rings (SSSR count). The molecule has 0 bridgehead atoms. The summed E-state index contributed by atoms with van der Waals surface area (Å²) in [6.07, 6.45) is 0. The number of sulfonamides is 1. The van der Waals surface area contributed by atoms with Gasteiger partial charge in [-0.1, -0.05) is 48.5 Å². The molecular weight excluding hydrogens is 393 g/mol. The minimum Gasteiger partial charge on any atom is -0.297 e. The van der Waals surface area contributed by atoms with Crippen LogP contribution in [0.1, 0.15) is 17.2 Å². The number of benzene rings is 2. The molecule has 6 nitrogen and oxygen atoms in total. The number of piperazine rings is 1. The Hall–Kier alpha value is -1.84. The van der Waals surface area contributed by atoms with Crippen LogP contribution >= 0.6 is 0 Å². The second kappa shape index (κ2) is 8.49. The molecule has 2 aliphatic heterocycles. The van der Waals surface area contributed by atoms with Crippen LogP contribution in [0.3, 0.4) is 0 Å². The fraction of sp³-hybridized carbons (Fsp3) is 0.429. The van der Waals surface area contributed by atoms with E-state index in [1.165, 1.54) is 21.0 Å². The first-order chi connectivity index (χ1) is 14.0. The summed E-state index contributed by atoms with van der Waals surface area (Å²) in [7, 11) is -1.97. The molecular formula is C21H26FN3O3S. The van der Waals surface area contributed by atoms with Gasteiger partial charge >= 0.3 is 0 Å². The highest BCUT2D eigenvalue weighted by molar-refractivity contribution is 7.89. The number of hydroxylamine groups is 2. The van der Waals surface area contributed by atoms with Gasteiger partial charge in [-0.05, 0) is 11.6 Å². The summed E-state index contributed by atoms with van der Waals surface area (Å²) >= 11 is 0. The van der Waals surface area contributed by atoms with Crippen molar-refractivity contribution in [2.45, 2.75) is 17.8 Å². The highest BCUT2D eigenvalue weighted by Gasteiger charge is 2.47. The highest BCUT2D eigenvalue weighted by atomic mass is 32.2. The molecule has 2 aromatic carbocycles. The fourth-order valence-electron chi connectivity index (χ4n) is 4.13. The molecule has 8 heteroatoms. The van der Waals surface area contributed by atoms with Gasteiger partial charge in [0.25, 0.3) is 0 Å². The predicted molar refractivity (Wildman–Crippen MR) is 109 cm³/mol. The molecule has 2 atom stereocenters. The molecule has 156 valence electrons. The van der Waals surface area contributed by atoms with Crippen molar-refractivity contribution in [1.82, 2.24) is 14.3 Å². The minimum absolute atomic E-state index is 0.0298. The maximum absolute atomic E-state index is 14.4. The van der Waals surface area contributed by atoms with Crippen LogP contribution in [-0.2, 0) is 21.4 Å². The Labute approximate surface area is 171 Å². The maximum atomic E-state index is 14.4. The van der Waals surface area contributed by atoms with Crippen LogP contribution in [0.25, 0.3) is 0 Å². The van der Waals surface area contributed by atoms with Crippen LogP contribution in [-0.4, -0.2) is 67.8 Å². The van der Waals surface area contributed by atoms with E-state index < -0.39 is 27.1 Å². The van der Waals surface area contributed by atoms with E-state index in [0.29, 0.717) is 31.7 Å². The van der Waals surface area contributed by atoms with Crippen molar-refractivity contribution in [3.8, 4) is 0 Å². The molecule has 0 N–H and O–H groups in total. The average Bonchev–Trinajstić information content (AvgIpc) is 3.12. The van der Waals surface area contributed by atoms with Crippen molar-refractivity contribution in [2.24, 2.45) is 0 Å². The Balaban J connectivity index is 1.46. The number of hydrogen-bond donors (Lipinski definition) is 0. The molecule has 0 aliphatic carbocycles. The number of halogens is 1. The van der Waals surface area contributed by atoms with Crippen molar-refractivity contribution >= 4 is 10.0 Å². The first-order valence-corrected chi connectivity index (χ1v) is 11.3. The summed E-state index contributed by atoms with van der Waals surface area (Å²) in [5.41, 5.74) is 1.57. The molecule has 0 saturated carbocycles. The summed E-state index contributed by atoms with van der Waals surface area (Å²) in [5.74, 6) is -0.414. The topological polar surface area (TPSA) is 53.1 Å². The van der Waals surface area contributed by atoms with Gasteiger partial charge in [0.05, 0.1) is 12.6 Å². The molecule has 0 aromatic heterocycles. The van der Waals surface area contributed by atoms with Crippen LogP contribution in [0.5, 0.6) is 0 Å². The normalized spacial score (nSPS) is 24.8. The fourth-order valence-corrected chi connectivity index (χ4v) is 6.06. The van der Waals surface area contributed by atoms with Crippen LogP contribution in [0.4, 0.5) is 4.39 Å². The van der Waals surface area contributed by atoms with Crippen molar-refractivity contribution in [3.63, 3.8) is 0 Å². The number of rotatable bonds is 5. The zero-order chi connectivity index (χ0) is 20.4. The van der Waals surface area contributed by atoms with Gasteiger partial charge in [0.1, 0.15) is 11.1 Å². The van der Waals surface area contributed by atoms with Crippen LogP contribution in [0.2, 0.25) is 0 Å². The summed E-state index contributed by atoms with van der Waals surface area (Å²) in [6.45, 7) is 3.03. The second-order valence-corrected chi connectivity index (χ2v) is 9.70. The van der Waals surface area contributed by atoms with E-state index in [4.69, 9.17) is 4.84 Å². The molecule has 0 spiro atoms. The van der Waals surface area contributed by atoms with E-state index >= 15 is 0 Å². The number of hydrogen-bond acceptors (Lipinski definition) is 5. The summed E-state index contributed by atoms with van der Waals surface area (Å²) in [4.78, 5) is 7.77. The average molecular weight is 420 g/mol. The molecule has 2 heterocycles. The van der Waals surface area contributed by atoms with Crippen molar-refractivity contribution in [2.75, 3.05) is 39.8 Å². The molecule has 2 saturated heterocycles. The Bertz CT molecular complexity index is 933. The van der Waals surface area contributed by atoms with Crippen LogP contribution < -0.4 is 0 Å². The second-order valence-electron chi connectivity index (χ2n) is 7.55. The van der Waals surface area contributed by atoms with Gasteiger partial charge < -0.3 is 0 Å². The van der Waals surface area contributed by atoms with E-state index in [-0.39, 0.29) is 6.61 Å². The standard InChI is InChI=1S/C21H26FN3O3S/c1-23-21(18-9-5-6-10-19(18)22)20(16-28-23)29(26,27)25-13-11-24(12-14-25)15-17-7-3-2-4-8-17/h2-10,20-21H,11-16H2,1H3/t20-,21-/m0/s1. The third-order valence-electron chi connectivity index (χ3n) is 5.73. The smallest absolute Gasteiger partial charge is 0.221 e. The molecule has 2 fully saturated rings. The van der Waals surface area contributed by atoms with E-state index in [2.05, 4.69) is 17.0 Å². The third kappa shape index (κ3) is 4.22. The summed E-state index contributed by atoms with van der Waals surface area (Å²) in [5, 5.41) is 0.636. The molecule has 2 aliphatic rings. The zero-order valence-corrected chi connectivity index (χ0v) is 17.3. The molecule has 29 heavy (non-hydrogen) atoms. The van der Waals surface area contributed by atoms with E-state index in [0.717, 1.165) is 6.54 Å². The van der Waals surface area contributed by atoms with Gasteiger partial charge in [-0.2, -0.15) is 9.37 Å². The van der Waals surface area contributed by atoms with Gasteiger partial charge in [-0.15, -0.1) is 0 Å². The van der Waals surface area contributed by atoms with Crippen LogP contribution in [0.15, 0.2) is 54.6 Å². The lowest BCUT2D eigenvalue weighted by Gasteiger charge is -2.36. The monoisotopic (exact) mass is 419 g/mol. The Morgan fingerprint density at radius 1 is 1.00 bits per heavy atom. The lowest BCUT2D eigenvalue weighted by Crippen LogP contribution is -2.52. The highest BCUT2D eigenvalue weighted by Crippen LogP contribution is 2.36. The minimum atomic E-state index is -3.63. The van der Waals surface area contributed by atoms with Crippen molar-refractivity contribution in [1.29, 1.82) is 0 Å². The van der Waals surface area contributed by atoms with Crippen molar-refractivity contribution in [3.05, 3.63) is 71.5 Å². The van der Waals surface area contributed by atoms with Gasteiger partial charge in [-0.3, -0.25) is 9.74 Å². The van der Waals surface area contributed by atoms with Crippen LogP contribution in [0, 0.1) is 5.82 Å². The van der Waals surface area contributed by atoms with E-state index in [9.17, 15) is 12.8 Å². The van der Waals surface area contributed by atoms with Gasteiger partial charge in [0, 0.05) is 45.3 Å².